The summed E-state index contributed by atoms with van der Waals surface area (Å²) in [5.74, 6) is -1.55. The first-order chi connectivity index (χ1) is 6.97. The summed E-state index contributed by atoms with van der Waals surface area (Å²) < 4.78 is 13.4. The van der Waals surface area contributed by atoms with Crippen molar-refractivity contribution in [2.24, 2.45) is 5.73 Å². The molecule has 0 saturated carbocycles. The molecule has 4 nitrogen and oxygen atoms in total. The molecule has 0 spiro atoms. The number of aliphatic hydroxyl groups excluding tert-OH is 2. The molecule has 1 aromatic carbocycles. The summed E-state index contributed by atoms with van der Waals surface area (Å²) in [6.45, 7) is -0.186. The topological polar surface area (TPSA) is 86.7 Å². The van der Waals surface area contributed by atoms with Crippen LogP contribution < -0.4 is 5.73 Å². The maximum Gasteiger partial charge on any atom is 0.166 e. The highest BCUT2D eigenvalue weighted by atomic mass is 79.9. The average molecular weight is 280 g/mol. The van der Waals surface area contributed by atoms with Gasteiger partial charge in [0.2, 0.25) is 0 Å². The first kappa shape index (κ1) is 12.4. The van der Waals surface area contributed by atoms with E-state index >= 15 is 0 Å². The molecule has 0 saturated heterocycles. The van der Waals surface area contributed by atoms with E-state index in [-0.39, 0.29) is 12.1 Å². The Balaban J connectivity index is 3.13. The number of halogens is 2. The summed E-state index contributed by atoms with van der Waals surface area (Å²) in [7, 11) is 0. The predicted octanol–water partition coefficient (Wildman–Crippen LogP) is 0.647. The molecule has 84 valence electrons. The van der Waals surface area contributed by atoms with Gasteiger partial charge in [0.15, 0.2) is 11.6 Å². The Bertz CT molecular complexity index is 361. The van der Waals surface area contributed by atoms with Crippen molar-refractivity contribution in [3.05, 3.63) is 28.0 Å². The van der Waals surface area contributed by atoms with E-state index in [1.807, 2.05) is 0 Å². The Morgan fingerprint density at radius 1 is 1.40 bits per heavy atom. The zero-order valence-corrected chi connectivity index (χ0v) is 9.28. The summed E-state index contributed by atoms with van der Waals surface area (Å²) >= 11 is 3.01. The fourth-order valence-electron chi connectivity index (χ4n) is 1.15. The normalized spacial score (nSPS) is 15.0. The Labute approximate surface area is 94.3 Å². The van der Waals surface area contributed by atoms with Crippen molar-refractivity contribution in [1.82, 2.24) is 0 Å². The van der Waals surface area contributed by atoms with E-state index < -0.39 is 23.8 Å². The number of hydrogen-bond donors (Lipinski definition) is 4. The van der Waals surface area contributed by atoms with Gasteiger partial charge in [-0.1, -0.05) is 15.9 Å². The van der Waals surface area contributed by atoms with Crippen LogP contribution in [0, 0.1) is 5.82 Å². The second-order valence-electron chi connectivity index (χ2n) is 3.07. The first-order valence-electron chi connectivity index (χ1n) is 4.21. The molecule has 0 aliphatic rings. The molecule has 0 aliphatic carbocycles. The fraction of sp³-hybridized carbons (Fsp3) is 0.333. The first-order valence-corrected chi connectivity index (χ1v) is 5.00. The number of phenols is 1. The molecule has 0 aromatic heterocycles. The van der Waals surface area contributed by atoms with Crippen LogP contribution in [0.2, 0.25) is 0 Å². The third-order valence-electron chi connectivity index (χ3n) is 1.98. The minimum Gasteiger partial charge on any atom is -0.505 e. The van der Waals surface area contributed by atoms with Gasteiger partial charge in [-0.3, -0.25) is 0 Å². The zero-order valence-electron chi connectivity index (χ0n) is 7.69. The van der Waals surface area contributed by atoms with Crippen molar-refractivity contribution in [2.75, 3.05) is 6.54 Å². The second kappa shape index (κ2) is 4.89. The van der Waals surface area contributed by atoms with Crippen molar-refractivity contribution in [1.29, 1.82) is 0 Å². The van der Waals surface area contributed by atoms with Crippen LogP contribution in [0.5, 0.6) is 5.75 Å². The number of nitrogens with two attached hydrogens (primary N) is 1. The molecule has 0 bridgehead atoms. The third kappa shape index (κ3) is 2.66. The van der Waals surface area contributed by atoms with Gasteiger partial charge in [-0.2, -0.15) is 0 Å². The molecular weight excluding hydrogens is 269 g/mol. The molecule has 1 rings (SSSR count). The number of aromatic hydroxyl groups is 1. The maximum atomic E-state index is 13.1. The quantitative estimate of drug-likeness (QED) is 0.654. The lowest BCUT2D eigenvalue weighted by Gasteiger charge is -2.17. The van der Waals surface area contributed by atoms with Crippen LogP contribution in [0.15, 0.2) is 16.6 Å². The van der Waals surface area contributed by atoms with Crippen LogP contribution in [0.3, 0.4) is 0 Å². The molecule has 0 amide bonds. The highest BCUT2D eigenvalue weighted by molar-refractivity contribution is 9.10. The van der Waals surface area contributed by atoms with Crippen LogP contribution in [0.4, 0.5) is 4.39 Å². The van der Waals surface area contributed by atoms with E-state index in [0.717, 1.165) is 6.07 Å². The van der Waals surface area contributed by atoms with Gasteiger partial charge in [-0.15, -0.1) is 0 Å². The lowest BCUT2D eigenvalue weighted by molar-refractivity contribution is 0.0226. The van der Waals surface area contributed by atoms with Crippen LogP contribution in [-0.2, 0) is 0 Å². The molecule has 6 heteroatoms. The lowest BCUT2D eigenvalue weighted by Crippen LogP contribution is -2.27. The summed E-state index contributed by atoms with van der Waals surface area (Å²) in [6.07, 6.45) is -2.66. The van der Waals surface area contributed by atoms with Crippen LogP contribution in [0.1, 0.15) is 11.7 Å². The number of benzene rings is 1. The van der Waals surface area contributed by atoms with E-state index in [1.165, 1.54) is 6.07 Å². The van der Waals surface area contributed by atoms with Gasteiger partial charge < -0.3 is 21.1 Å². The van der Waals surface area contributed by atoms with Crippen LogP contribution in [0.25, 0.3) is 0 Å². The van der Waals surface area contributed by atoms with Gasteiger partial charge in [-0.05, 0) is 12.1 Å². The van der Waals surface area contributed by atoms with Gasteiger partial charge in [-0.25, -0.2) is 4.39 Å². The summed E-state index contributed by atoms with van der Waals surface area (Å²) in [5, 5.41) is 28.1. The predicted molar refractivity (Wildman–Crippen MR) is 55.8 cm³/mol. The van der Waals surface area contributed by atoms with Crippen molar-refractivity contribution in [2.45, 2.75) is 12.2 Å². The van der Waals surface area contributed by atoms with Gasteiger partial charge in [0.1, 0.15) is 6.10 Å². The van der Waals surface area contributed by atoms with E-state index in [2.05, 4.69) is 15.9 Å². The molecule has 2 unspecified atom stereocenters. The van der Waals surface area contributed by atoms with Crippen molar-refractivity contribution in [3.8, 4) is 5.75 Å². The smallest absolute Gasteiger partial charge is 0.166 e. The molecule has 0 radical (unpaired) electrons. The molecule has 5 N–H and O–H groups in total. The van der Waals surface area contributed by atoms with E-state index in [4.69, 9.17) is 5.73 Å². The van der Waals surface area contributed by atoms with Crippen molar-refractivity contribution < 1.29 is 19.7 Å². The van der Waals surface area contributed by atoms with Gasteiger partial charge >= 0.3 is 0 Å². The standard InChI is InChI=1S/C9H11BrFNO3/c10-4-1-5(8(14)6(11)2-4)9(15)7(13)3-12/h1-2,7,9,13-15H,3,12H2. The number of aliphatic hydroxyl groups is 2. The van der Waals surface area contributed by atoms with Crippen LogP contribution >= 0.6 is 15.9 Å². The number of hydrogen-bond acceptors (Lipinski definition) is 4. The van der Waals surface area contributed by atoms with Gasteiger partial charge in [0.25, 0.3) is 0 Å². The molecular formula is C9H11BrFNO3. The van der Waals surface area contributed by atoms with Gasteiger partial charge in [0.05, 0.1) is 6.10 Å². The third-order valence-corrected chi connectivity index (χ3v) is 2.44. The molecule has 0 heterocycles. The highest BCUT2D eigenvalue weighted by Gasteiger charge is 2.22. The second-order valence-corrected chi connectivity index (χ2v) is 3.99. The summed E-state index contributed by atoms with van der Waals surface area (Å²) in [6, 6.07) is 2.38. The monoisotopic (exact) mass is 279 g/mol. The Morgan fingerprint density at radius 3 is 2.53 bits per heavy atom. The van der Waals surface area contributed by atoms with Crippen molar-refractivity contribution in [3.63, 3.8) is 0 Å². The zero-order chi connectivity index (χ0) is 11.6. The largest absolute Gasteiger partial charge is 0.505 e. The van der Waals surface area contributed by atoms with E-state index in [9.17, 15) is 19.7 Å². The molecule has 1 aromatic rings. The minimum absolute atomic E-state index is 0.0974. The Kier molecular flexibility index (Phi) is 4.04. The number of rotatable bonds is 3. The maximum absolute atomic E-state index is 13.1. The molecule has 0 aliphatic heterocycles. The highest BCUT2D eigenvalue weighted by Crippen LogP contribution is 2.31. The van der Waals surface area contributed by atoms with Crippen LogP contribution in [-0.4, -0.2) is 28.0 Å². The lowest BCUT2D eigenvalue weighted by atomic mass is 10.0. The number of phenolic OH excluding ortho intramolecular Hbond substituents is 1. The van der Waals surface area contributed by atoms with Crippen molar-refractivity contribution >= 4 is 15.9 Å². The molecule has 0 fully saturated rings. The summed E-state index contributed by atoms with van der Waals surface area (Å²) in [4.78, 5) is 0. The molecule has 2 atom stereocenters. The summed E-state index contributed by atoms with van der Waals surface area (Å²) in [5.41, 5.74) is 5.04. The fourth-order valence-corrected chi connectivity index (χ4v) is 1.60. The minimum atomic E-state index is -1.41. The van der Waals surface area contributed by atoms with E-state index in [1.54, 1.807) is 0 Å². The van der Waals surface area contributed by atoms with E-state index in [0.29, 0.717) is 4.47 Å². The Hall–Kier alpha value is -0.690. The van der Waals surface area contributed by atoms with Gasteiger partial charge in [0, 0.05) is 16.6 Å². The SMILES string of the molecule is NCC(O)C(O)c1cc(Br)cc(F)c1O. The molecule has 15 heavy (non-hydrogen) atoms. The average Bonchev–Trinajstić information content (AvgIpc) is 2.21. The Morgan fingerprint density at radius 2 is 2.00 bits per heavy atom.